The van der Waals surface area contributed by atoms with Crippen LogP contribution < -0.4 is 0 Å². The van der Waals surface area contributed by atoms with Gasteiger partial charge in [0.15, 0.2) is 0 Å². The Balaban J connectivity index is 2.29. The molecule has 4 nitrogen and oxygen atoms in total. The van der Waals surface area contributed by atoms with Crippen molar-refractivity contribution < 1.29 is 5.11 Å². The minimum absolute atomic E-state index is 0.364. The Bertz CT molecular complexity index is 467. The molecule has 1 aromatic carbocycles. The molecule has 0 bridgehead atoms. The Labute approximate surface area is 100 Å². The van der Waals surface area contributed by atoms with Gasteiger partial charge >= 0.3 is 0 Å². The number of nitrogens with zero attached hydrogens (tertiary/aromatic N) is 3. The molecule has 0 aliphatic carbocycles. The molecule has 1 heterocycles. The lowest BCUT2D eigenvalue weighted by molar-refractivity contribution is 0.0178. The van der Waals surface area contributed by atoms with Crippen LogP contribution >= 0.6 is 0 Å². The average molecular weight is 229 g/mol. The SMILES string of the molecule is C=CCC(O)(Cn1cncn1)c1ccccc1. The summed E-state index contributed by atoms with van der Waals surface area (Å²) in [4.78, 5) is 3.88. The quantitative estimate of drug-likeness (QED) is 0.794. The van der Waals surface area contributed by atoms with Gasteiger partial charge in [0.1, 0.15) is 18.3 Å². The molecule has 1 unspecified atom stereocenters. The molecule has 4 heteroatoms. The van der Waals surface area contributed by atoms with Crippen molar-refractivity contribution in [2.45, 2.75) is 18.6 Å². The number of aromatic nitrogens is 3. The zero-order chi connectivity index (χ0) is 12.1. The molecule has 1 aromatic heterocycles. The lowest BCUT2D eigenvalue weighted by atomic mass is 9.90. The third-order valence-corrected chi connectivity index (χ3v) is 2.68. The Morgan fingerprint density at radius 2 is 2.12 bits per heavy atom. The van der Waals surface area contributed by atoms with Crippen LogP contribution in [0.2, 0.25) is 0 Å². The Kier molecular flexibility index (Phi) is 3.35. The molecule has 0 saturated heterocycles. The first-order valence-electron chi connectivity index (χ1n) is 5.46. The van der Waals surface area contributed by atoms with E-state index in [1.807, 2.05) is 30.3 Å². The van der Waals surface area contributed by atoms with Crippen LogP contribution in [0.1, 0.15) is 12.0 Å². The Morgan fingerprint density at radius 1 is 1.35 bits per heavy atom. The summed E-state index contributed by atoms with van der Waals surface area (Å²) in [5, 5.41) is 14.7. The Hall–Kier alpha value is -1.94. The summed E-state index contributed by atoms with van der Waals surface area (Å²) in [6, 6.07) is 9.55. The van der Waals surface area contributed by atoms with E-state index in [4.69, 9.17) is 0 Å². The maximum atomic E-state index is 10.7. The number of rotatable bonds is 5. The van der Waals surface area contributed by atoms with Crippen molar-refractivity contribution in [3.05, 3.63) is 61.2 Å². The van der Waals surface area contributed by atoms with Gasteiger partial charge in [0.25, 0.3) is 0 Å². The van der Waals surface area contributed by atoms with Crippen molar-refractivity contribution in [2.24, 2.45) is 0 Å². The zero-order valence-electron chi connectivity index (χ0n) is 9.53. The minimum atomic E-state index is -0.989. The number of aliphatic hydroxyl groups is 1. The van der Waals surface area contributed by atoms with Gasteiger partial charge in [-0.25, -0.2) is 9.67 Å². The third kappa shape index (κ3) is 2.60. The van der Waals surface area contributed by atoms with Gasteiger partial charge in [-0.3, -0.25) is 0 Å². The third-order valence-electron chi connectivity index (χ3n) is 2.68. The highest BCUT2D eigenvalue weighted by molar-refractivity contribution is 5.22. The van der Waals surface area contributed by atoms with Crippen LogP contribution in [0.25, 0.3) is 0 Å². The van der Waals surface area contributed by atoms with Gasteiger partial charge in [0.05, 0.1) is 6.54 Å². The summed E-state index contributed by atoms with van der Waals surface area (Å²) in [6.45, 7) is 4.06. The van der Waals surface area contributed by atoms with Crippen molar-refractivity contribution in [2.75, 3.05) is 0 Å². The average Bonchev–Trinajstić information content (AvgIpc) is 2.83. The predicted octanol–water partition coefficient (Wildman–Crippen LogP) is 1.74. The summed E-state index contributed by atoms with van der Waals surface area (Å²) in [5.74, 6) is 0. The summed E-state index contributed by atoms with van der Waals surface area (Å²) >= 11 is 0. The number of benzene rings is 1. The van der Waals surface area contributed by atoms with E-state index in [9.17, 15) is 5.11 Å². The maximum absolute atomic E-state index is 10.7. The fourth-order valence-electron chi connectivity index (χ4n) is 1.84. The molecule has 0 saturated carbocycles. The molecule has 0 fully saturated rings. The monoisotopic (exact) mass is 229 g/mol. The highest BCUT2D eigenvalue weighted by Crippen LogP contribution is 2.26. The topological polar surface area (TPSA) is 50.9 Å². The lowest BCUT2D eigenvalue weighted by Crippen LogP contribution is -2.31. The van der Waals surface area contributed by atoms with E-state index in [-0.39, 0.29) is 0 Å². The molecule has 17 heavy (non-hydrogen) atoms. The van der Waals surface area contributed by atoms with E-state index < -0.39 is 5.60 Å². The van der Waals surface area contributed by atoms with E-state index in [1.54, 1.807) is 17.1 Å². The van der Waals surface area contributed by atoms with E-state index in [1.165, 1.54) is 6.33 Å². The molecule has 0 spiro atoms. The van der Waals surface area contributed by atoms with Crippen LogP contribution in [0, 0.1) is 0 Å². The second-order valence-electron chi connectivity index (χ2n) is 3.98. The first-order chi connectivity index (χ1) is 8.24. The van der Waals surface area contributed by atoms with Gasteiger partial charge in [0.2, 0.25) is 0 Å². The Morgan fingerprint density at radius 3 is 2.71 bits per heavy atom. The molecular weight excluding hydrogens is 214 g/mol. The molecule has 2 rings (SSSR count). The van der Waals surface area contributed by atoms with Crippen LogP contribution in [-0.4, -0.2) is 19.9 Å². The smallest absolute Gasteiger partial charge is 0.137 e. The van der Waals surface area contributed by atoms with Crippen molar-refractivity contribution in [3.8, 4) is 0 Å². The van der Waals surface area contributed by atoms with E-state index in [0.29, 0.717) is 13.0 Å². The van der Waals surface area contributed by atoms with Crippen LogP contribution in [0.5, 0.6) is 0 Å². The fraction of sp³-hybridized carbons (Fsp3) is 0.231. The standard InChI is InChI=1S/C13H15N3O/c1-2-8-13(17,9-16-11-14-10-15-16)12-6-4-3-5-7-12/h2-7,10-11,17H,1,8-9H2. The van der Waals surface area contributed by atoms with Crippen molar-refractivity contribution in [1.29, 1.82) is 0 Å². The van der Waals surface area contributed by atoms with Crippen LogP contribution in [0.15, 0.2) is 55.6 Å². The van der Waals surface area contributed by atoms with Crippen LogP contribution in [0.3, 0.4) is 0 Å². The lowest BCUT2D eigenvalue weighted by Gasteiger charge is -2.27. The molecule has 0 aliphatic rings. The molecule has 1 atom stereocenters. The van der Waals surface area contributed by atoms with Gasteiger partial charge < -0.3 is 5.11 Å². The summed E-state index contributed by atoms with van der Waals surface area (Å²) in [5.41, 5.74) is -0.133. The van der Waals surface area contributed by atoms with Gasteiger partial charge in [-0.2, -0.15) is 5.10 Å². The number of hydrogen-bond acceptors (Lipinski definition) is 3. The van der Waals surface area contributed by atoms with E-state index in [0.717, 1.165) is 5.56 Å². The summed E-state index contributed by atoms with van der Waals surface area (Å²) in [6.07, 6.45) is 5.23. The second kappa shape index (κ2) is 4.93. The minimum Gasteiger partial charge on any atom is -0.383 e. The molecule has 88 valence electrons. The highest BCUT2D eigenvalue weighted by Gasteiger charge is 2.28. The zero-order valence-corrected chi connectivity index (χ0v) is 9.53. The van der Waals surface area contributed by atoms with E-state index >= 15 is 0 Å². The van der Waals surface area contributed by atoms with Gasteiger partial charge in [-0.05, 0) is 12.0 Å². The van der Waals surface area contributed by atoms with Gasteiger partial charge in [-0.15, -0.1) is 6.58 Å². The van der Waals surface area contributed by atoms with Crippen LogP contribution in [-0.2, 0) is 12.1 Å². The van der Waals surface area contributed by atoms with Crippen molar-refractivity contribution in [1.82, 2.24) is 14.8 Å². The maximum Gasteiger partial charge on any atom is 0.137 e. The summed E-state index contributed by atoms with van der Waals surface area (Å²) < 4.78 is 1.62. The second-order valence-corrected chi connectivity index (χ2v) is 3.98. The van der Waals surface area contributed by atoms with Crippen molar-refractivity contribution >= 4 is 0 Å². The van der Waals surface area contributed by atoms with Crippen molar-refractivity contribution in [3.63, 3.8) is 0 Å². The number of hydrogen-bond donors (Lipinski definition) is 1. The fourth-order valence-corrected chi connectivity index (χ4v) is 1.84. The van der Waals surface area contributed by atoms with Gasteiger partial charge in [-0.1, -0.05) is 36.4 Å². The first-order valence-corrected chi connectivity index (χ1v) is 5.46. The molecule has 0 amide bonds. The molecular formula is C13H15N3O. The summed E-state index contributed by atoms with van der Waals surface area (Å²) in [7, 11) is 0. The molecule has 1 N–H and O–H groups in total. The van der Waals surface area contributed by atoms with Crippen LogP contribution in [0.4, 0.5) is 0 Å². The first kappa shape index (κ1) is 11.5. The molecule has 0 aliphatic heterocycles. The highest BCUT2D eigenvalue weighted by atomic mass is 16.3. The van der Waals surface area contributed by atoms with E-state index in [2.05, 4.69) is 16.7 Å². The normalized spacial score (nSPS) is 14.2. The largest absolute Gasteiger partial charge is 0.383 e. The molecule has 0 radical (unpaired) electrons. The molecule has 2 aromatic rings. The van der Waals surface area contributed by atoms with Gasteiger partial charge in [0, 0.05) is 0 Å². The predicted molar refractivity (Wildman–Crippen MR) is 65.2 cm³/mol.